The molecule has 2 aromatic rings. The summed E-state index contributed by atoms with van der Waals surface area (Å²) in [6, 6.07) is 9.64. The summed E-state index contributed by atoms with van der Waals surface area (Å²) in [7, 11) is 4.39. The monoisotopic (exact) mass is 695 g/mol. The van der Waals surface area contributed by atoms with E-state index >= 15 is 0 Å². The summed E-state index contributed by atoms with van der Waals surface area (Å²) < 4.78 is 47.5. The van der Waals surface area contributed by atoms with E-state index in [9.17, 15) is 37.1 Å². The fraction of sp³-hybridized carbons (Fsp3) is 0.323. The number of ether oxygens (including phenoxy) is 3. The first-order valence-corrected chi connectivity index (χ1v) is 14.1. The van der Waals surface area contributed by atoms with E-state index in [1.807, 2.05) is 0 Å². The molecule has 0 heterocycles. The number of amidine groups is 1. The maximum atomic E-state index is 13.0. The van der Waals surface area contributed by atoms with E-state index < -0.39 is 41.9 Å². The Morgan fingerprint density at radius 1 is 1.02 bits per heavy atom. The number of carbonyl (C=O) groups is 6. The zero-order valence-electron chi connectivity index (χ0n) is 27.1. The first-order chi connectivity index (χ1) is 22.8. The summed E-state index contributed by atoms with van der Waals surface area (Å²) in [6.07, 6.45) is -3.99. The maximum Gasteiger partial charge on any atom is 0.490 e. The van der Waals surface area contributed by atoms with E-state index in [1.165, 1.54) is 60.4 Å². The number of carboxylic acid groups (broad SMARTS) is 1. The van der Waals surface area contributed by atoms with Crippen molar-refractivity contribution in [1.82, 2.24) is 15.5 Å². The number of carboxylic acids is 1. The van der Waals surface area contributed by atoms with Crippen LogP contribution in [-0.2, 0) is 28.7 Å². The number of rotatable bonds is 13. The van der Waals surface area contributed by atoms with Crippen molar-refractivity contribution in [2.45, 2.75) is 32.5 Å². The Labute approximate surface area is 278 Å². The van der Waals surface area contributed by atoms with Gasteiger partial charge < -0.3 is 40.6 Å². The summed E-state index contributed by atoms with van der Waals surface area (Å²) in [5.74, 6) is -5.50. The van der Waals surface area contributed by atoms with Crippen LogP contribution in [-0.4, -0.2) is 98.1 Å². The molecule has 0 bridgehead atoms. The second kappa shape index (κ2) is 19.0. The molecule has 0 aliphatic carbocycles. The maximum absolute atomic E-state index is 13.0. The molecule has 0 unspecified atom stereocenters. The lowest BCUT2D eigenvalue weighted by Crippen LogP contribution is -2.41. The standard InChI is InChI=1S/C29H35N5O8.C2HF3O2/c1-6-41-25(36)15-22(33-27(37)18-7-9-19(10-8-18)28(38)34(3)4)16-42-24-14-21(26(30)31)12-11-20(24)13-23(29(39)40-5)32-17(2)35;3-2(4,5)1(6)7/h7-14,22H,6,15-16H2,1-5H3,(H3,30,31)(H,32,35)(H,33,37);(H,6,7)/t22-;/m1./s1. The Balaban J connectivity index is 0.00000154. The molecule has 0 fully saturated rings. The third kappa shape index (κ3) is 14.2. The Morgan fingerprint density at radius 3 is 2.04 bits per heavy atom. The molecule has 2 rings (SSSR count). The van der Waals surface area contributed by atoms with Gasteiger partial charge in [-0.3, -0.25) is 24.6 Å². The number of nitrogens with two attached hydrogens (primary N) is 1. The molecule has 18 heteroatoms. The van der Waals surface area contributed by atoms with Crippen LogP contribution in [0.2, 0.25) is 0 Å². The van der Waals surface area contributed by atoms with Crippen LogP contribution in [0.1, 0.15) is 52.1 Å². The van der Waals surface area contributed by atoms with Gasteiger partial charge in [-0.05, 0) is 43.3 Å². The number of hydrogen-bond donors (Lipinski definition) is 5. The molecule has 266 valence electrons. The average Bonchev–Trinajstić information content (AvgIpc) is 3.02. The summed E-state index contributed by atoms with van der Waals surface area (Å²) in [5, 5.41) is 20.0. The van der Waals surface area contributed by atoms with Crippen molar-refractivity contribution in [3.8, 4) is 5.75 Å². The van der Waals surface area contributed by atoms with E-state index in [0.717, 1.165) is 7.11 Å². The van der Waals surface area contributed by atoms with Gasteiger partial charge in [0.2, 0.25) is 5.91 Å². The van der Waals surface area contributed by atoms with Gasteiger partial charge in [-0.25, -0.2) is 9.59 Å². The first-order valence-electron chi connectivity index (χ1n) is 14.1. The minimum Gasteiger partial charge on any atom is -0.491 e. The van der Waals surface area contributed by atoms with E-state index in [2.05, 4.69) is 10.6 Å². The number of hydrogen-bond acceptors (Lipinski definition) is 10. The number of carbonyl (C=O) groups excluding carboxylic acids is 5. The van der Waals surface area contributed by atoms with Crippen LogP contribution < -0.4 is 21.1 Å². The SMILES string of the molecule is CCOC(=O)C[C@H](COc1cc(C(=N)N)ccc1C=C(NC(C)=O)C(=O)OC)NC(=O)c1ccc(C(=O)N(C)C)cc1.O=C(O)C(F)(F)F. The normalized spacial score (nSPS) is 11.5. The highest BCUT2D eigenvalue weighted by molar-refractivity contribution is 5.99. The van der Waals surface area contributed by atoms with Gasteiger partial charge in [-0.1, -0.05) is 12.1 Å². The van der Waals surface area contributed by atoms with Gasteiger partial charge in [0.15, 0.2) is 0 Å². The van der Waals surface area contributed by atoms with E-state index in [1.54, 1.807) is 21.0 Å². The highest BCUT2D eigenvalue weighted by Crippen LogP contribution is 2.24. The minimum absolute atomic E-state index is 0.136. The lowest BCUT2D eigenvalue weighted by atomic mass is 10.1. The zero-order valence-corrected chi connectivity index (χ0v) is 27.1. The van der Waals surface area contributed by atoms with Crippen molar-refractivity contribution in [2.24, 2.45) is 5.73 Å². The number of nitrogens with one attached hydrogen (secondary N) is 3. The number of methoxy groups -OCH3 is 1. The van der Waals surface area contributed by atoms with Crippen LogP contribution in [0.4, 0.5) is 13.2 Å². The number of esters is 2. The van der Waals surface area contributed by atoms with Gasteiger partial charge in [0, 0.05) is 43.3 Å². The molecule has 0 saturated heterocycles. The number of nitrogens with zero attached hydrogens (tertiary/aromatic N) is 1. The summed E-state index contributed by atoms with van der Waals surface area (Å²) in [6.45, 7) is 2.79. The molecule has 0 radical (unpaired) electrons. The molecule has 0 aliphatic rings. The molecule has 0 spiro atoms. The molecule has 15 nitrogen and oxygen atoms in total. The third-order valence-electron chi connectivity index (χ3n) is 5.88. The minimum atomic E-state index is -5.08. The van der Waals surface area contributed by atoms with Crippen molar-refractivity contribution in [3.63, 3.8) is 0 Å². The smallest absolute Gasteiger partial charge is 0.490 e. The predicted octanol–water partition coefficient (Wildman–Crippen LogP) is 2.09. The van der Waals surface area contributed by atoms with Crippen molar-refractivity contribution in [3.05, 3.63) is 70.4 Å². The molecule has 1 atom stereocenters. The number of aliphatic carboxylic acids is 1. The highest BCUT2D eigenvalue weighted by Gasteiger charge is 2.38. The van der Waals surface area contributed by atoms with Crippen molar-refractivity contribution < 1.29 is 61.3 Å². The molecule has 0 aliphatic heterocycles. The van der Waals surface area contributed by atoms with Crippen molar-refractivity contribution >= 4 is 47.5 Å². The number of amides is 3. The number of nitrogen functional groups attached to an aromatic ring is 1. The van der Waals surface area contributed by atoms with Gasteiger partial charge in [-0.15, -0.1) is 0 Å². The number of halogens is 3. The zero-order chi connectivity index (χ0) is 37.5. The largest absolute Gasteiger partial charge is 0.491 e. The molecule has 0 saturated carbocycles. The topological polar surface area (TPSA) is 228 Å². The van der Waals surface area contributed by atoms with Crippen LogP contribution >= 0.6 is 0 Å². The summed E-state index contributed by atoms with van der Waals surface area (Å²) in [4.78, 5) is 71.7. The predicted molar refractivity (Wildman–Crippen MR) is 167 cm³/mol. The summed E-state index contributed by atoms with van der Waals surface area (Å²) in [5.41, 5.74) is 6.74. The number of alkyl halides is 3. The summed E-state index contributed by atoms with van der Waals surface area (Å²) >= 11 is 0. The molecule has 6 N–H and O–H groups in total. The van der Waals surface area contributed by atoms with Crippen LogP contribution in [0, 0.1) is 5.41 Å². The van der Waals surface area contributed by atoms with Crippen molar-refractivity contribution in [2.75, 3.05) is 34.4 Å². The fourth-order valence-corrected chi connectivity index (χ4v) is 3.60. The molecular formula is C31H36F3N5O10. The van der Waals surface area contributed by atoms with Gasteiger partial charge in [0.05, 0.1) is 26.2 Å². The van der Waals surface area contributed by atoms with Gasteiger partial charge in [-0.2, -0.15) is 13.2 Å². The van der Waals surface area contributed by atoms with E-state index in [-0.39, 0.29) is 48.4 Å². The first kappa shape index (κ1) is 41.1. The second-order valence-corrected chi connectivity index (χ2v) is 9.97. The number of benzene rings is 2. The van der Waals surface area contributed by atoms with E-state index in [0.29, 0.717) is 16.7 Å². The van der Waals surface area contributed by atoms with Crippen LogP contribution in [0.15, 0.2) is 48.2 Å². The Kier molecular flexibility index (Phi) is 15.9. The van der Waals surface area contributed by atoms with E-state index in [4.69, 9.17) is 35.3 Å². The van der Waals surface area contributed by atoms with Crippen LogP contribution in [0.25, 0.3) is 6.08 Å². The van der Waals surface area contributed by atoms with Gasteiger partial charge in [0.1, 0.15) is 23.9 Å². The lowest BCUT2D eigenvalue weighted by Gasteiger charge is -2.20. The Hall–Kier alpha value is -5.94. The molecule has 49 heavy (non-hydrogen) atoms. The van der Waals surface area contributed by atoms with Crippen molar-refractivity contribution in [1.29, 1.82) is 5.41 Å². The van der Waals surface area contributed by atoms with Gasteiger partial charge >= 0.3 is 24.1 Å². The highest BCUT2D eigenvalue weighted by atomic mass is 19.4. The van der Waals surface area contributed by atoms with Crippen LogP contribution in [0.5, 0.6) is 5.75 Å². The Morgan fingerprint density at radius 2 is 1.57 bits per heavy atom. The molecular weight excluding hydrogens is 659 g/mol. The van der Waals surface area contributed by atoms with Crippen LogP contribution in [0.3, 0.4) is 0 Å². The van der Waals surface area contributed by atoms with Gasteiger partial charge in [0.25, 0.3) is 11.8 Å². The Bertz CT molecular complexity index is 1570. The molecule has 0 aromatic heterocycles. The molecule has 2 aromatic carbocycles. The second-order valence-electron chi connectivity index (χ2n) is 9.97. The third-order valence-corrected chi connectivity index (χ3v) is 5.88. The quantitative estimate of drug-likeness (QED) is 0.0882. The average molecular weight is 696 g/mol. The molecule has 3 amide bonds. The fourth-order valence-electron chi connectivity index (χ4n) is 3.60. The lowest BCUT2D eigenvalue weighted by molar-refractivity contribution is -0.192.